The Balaban J connectivity index is 1.64. The molecule has 0 radical (unpaired) electrons. The summed E-state index contributed by atoms with van der Waals surface area (Å²) < 4.78 is 0.808. The van der Waals surface area contributed by atoms with Crippen LogP contribution in [0.2, 0.25) is 15.1 Å². The topological polar surface area (TPSA) is 43.8 Å². The van der Waals surface area contributed by atoms with Crippen LogP contribution in [0.25, 0.3) is 0 Å². The van der Waals surface area contributed by atoms with Gasteiger partial charge in [-0.3, -0.25) is 4.79 Å². The van der Waals surface area contributed by atoms with Crippen molar-refractivity contribution in [3.63, 3.8) is 0 Å². The molecule has 0 bridgehead atoms. The van der Waals surface area contributed by atoms with Crippen LogP contribution < -0.4 is 4.90 Å². The maximum atomic E-state index is 13.2. The molecule has 1 N–H and O–H groups in total. The minimum Gasteiger partial charge on any atom is -0.378 e. The molecular weight excluding hydrogens is 535 g/mol. The number of benzene rings is 3. The Bertz CT molecular complexity index is 1130. The molecule has 1 saturated heterocycles. The fourth-order valence-corrected chi connectivity index (χ4v) is 5.01. The smallest absolute Gasteiger partial charge is 0.256 e. The van der Waals surface area contributed by atoms with E-state index in [0.717, 1.165) is 15.7 Å². The largest absolute Gasteiger partial charge is 0.378 e. The first-order valence-corrected chi connectivity index (χ1v) is 12.0. The molecule has 3 aromatic rings. The SMILES string of the molecule is O=C(C(O)c1cccc(Br)c1)N1CCN(c2ccc(Cl)cc2Cl)[C@H](c2ccc(Cl)cc2)C1. The van der Waals surface area contributed by atoms with Crippen LogP contribution in [-0.2, 0) is 4.79 Å². The zero-order chi connectivity index (χ0) is 22.8. The summed E-state index contributed by atoms with van der Waals surface area (Å²) in [5, 5.41) is 12.5. The van der Waals surface area contributed by atoms with Crippen molar-refractivity contribution in [1.82, 2.24) is 4.90 Å². The van der Waals surface area contributed by atoms with Gasteiger partial charge in [-0.15, -0.1) is 0 Å². The number of hydrogen-bond donors (Lipinski definition) is 1. The van der Waals surface area contributed by atoms with Gasteiger partial charge >= 0.3 is 0 Å². The Kier molecular flexibility index (Phi) is 7.33. The molecule has 1 fully saturated rings. The molecule has 166 valence electrons. The second-order valence-corrected chi connectivity index (χ2v) is 9.79. The van der Waals surface area contributed by atoms with Crippen molar-refractivity contribution in [3.8, 4) is 0 Å². The van der Waals surface area contributed by atoms with E-state index in [1.54, 1.807) is 35.2 Å². The Morgan fingerprint density at radius 2 is 1.69 bits per heavy atom. The van der Waals surface area contributed by atoms with Crippen molar-refractivity contribution in [2.45, 2.75) is 12.1 Å². The van der Waals surface area contributed by atoms with Crippen LogP contribution in [0.4, 0.5) is 5.69 Å². The monoisotopic (exact) mass is 552 g/mol. The van der Waals surface area contributed by atoms with E-state index in [4.69, 9.17) is 34.8 Å². The number of anilines is 1. The zero-order valence-electron chi connectivity index (χ0n) is 16.9. The van der Waals surface area contributed by atoms with Gasteiger partial charge in [0.05, 0.1) is 16.8 Å². The summed E-state index contributed by atoms with van der Waals surface area (Å²) in [7, 11) is 0. The van der Waals surface area contributed by atoms with Crippen LogP contribution in [0.1, 0.15) is 23.3 Å². The molecule has 2 atom stereocenters. The van der Waals surface area contributed by atoms with Gasteiger partial charge in [-0.2, -0.15) is 0 Å². The van der Waals surface area contributed by atoms with Gasteiger partial charge in [-0.1, -0.05) is 75.0 Å². The Morgan fingerprint density at radius 1 is 0.969 bits per heavy atom. The molecule has 32 heavy (non-hydrogen) atoms. The first-order valence-electron chi connectivity index (χ1n) is 10.0. The summed E-state index contributed by atoms with van der Waals surface area (Å²) in [4.78, 5) is 17.0. The molecule has 1 amide bonds. The van der Waals surface area contributed by atoms with E-state index in [-0.39, 0.29) is 11.9 Å². The van der Waals surface area contributed by atoms with Gasteiger partial charge in [-0.25, -0.2) is 0 Å². The molecule has 0 aliphatic carbocycles. The molecule has 4 rings (SSSR count). The number of aliphatic hydroxyl groups excluding tert-OH is 1. The van der Waals surface area contributed by atoms with Crippen LogP contribution in [0.5, 0.6) is 0 Å². The van der Waals surface area contributed by atoms with E-state index in [9.17, 15) is 9.90 Å². The van der Waals surface area contributed by atoms with Crippen molar-refractivity contribution < 1.29 is 9.90 Å². The number of halogens is 4. The normalized spacial score (nSPS) is 17.3. The molecule has 1 aliphatic heterocycles. The number of amides is 1. The van der Waals surface area contributed by atoms with Crippen LogP contribution in [0, 0.1) is 0 Å². The third-order valence-corrected chi connectivity index (χ3v) is 6.85. The maximum Gasteiger partial charge on any atom is 0.256 e. The number of piperazine rings is 1. The molecule has 0 aromatic heterocycles. The van der Waals surface area contributed by atoms with E-state index in [2.05, 4.69) is 20.8 Å². The average Bonchev–Trinajstić information content (AvgIpc) is 2.78. The number of aliphatic hydroxyl groups is 1. The Hall–Kier alpha value is -1.76. The second kappa shape index (κ2) is 10.0. The molecular formula is C24H20BrCl3N2O2. The van der Waals surface area contributed by atoms with E-state index < -0.39 is 6.10 Å². The first kappa shape index (κ1) is 23.4. The zero-order valence-corrected chi connectivity index (χ0v) is 20.7. The fraction of sp³-hybridized carbons (Fsp3) is 0.208. The highest BCUT2D eigenvalue weighted by atomic mass is 79.9. The Morgan fingerprint density at radius 3 is 2.38 bits per heavy atom. The van der Waals surface area contributed by atoms with Gasteiger partial charge in [0.15, 0.2) is 6.10 Å². The Labute approximate surface area is 210 Å². The van der Waals surface area contributed by atoms with Crippen molar-refractivity contribution in [2.75, 3.05) is 24.5 Å². The molecule has 1 aliphatic rings. The van der Waals surface area contributed by atoms with Crippen LogP contribution in [-0.4, -0.2) is 35.5 Å². The van der Waals surface area contributed by atoms with Crippen molar-refractivity contribution in [2.24, 2.45) is 0 Å². The minimum atomic E-state index is -1.23. The lowest BCUT2D eigenvalue weighted by Crippen LogP contribution is -2.51. The van der Waals surface area contributed by atoms with E-state index in [0.29, 0.717) is 40.3 Å². The lowest BCUT2D eigenvalue weighted by Gasteiger charge is -2.44. The number of hydrogen-bond acceptors (Lipinski definition) is 3. The molecule has 0 saturated carbocycles. The third kappa shape index (κ3) is 5.08. The molecule has 4 nitrogen and oxygen atoms in total. The van der Waals surface area contributed by atoms with E-state index in [1.807, 2.05) is 36.4 Å². The number of nitrogens with zero attached hydrogens (tertiary/aromatic N) is 2. The van der Waals surface area contributed by atoms with Gasteiger partial charge in [0, 0.05) is 34.2 Å². The summed E-state index contributed by atoms with van der Waals surface area (Å²) in [5.74, 6) is -0.330. The van der Waals surface area contributed by atoms with Crippen LogP contribution in [0.3, 0.4) is 0 Å². The number of rotatable bonds is 4. The highest BCUT2D eigenvalue weighted by Crippen LogP contribution is 2.37. The highest BCUT2D eigenvalue weighted by molar-refractivity contribution is 9.10. The first-order chi connectivity index (χ1) is 15.3. The minimum absolute atomic E-state index is 0.168. The van der Waals surface area contributed by atoms with Crippen LogP contribution in [0.15, 0.2) is 71.2 Å². The van der Waals surface area contributed by atoms with Gasteiger partial charge in [0.1, 0.15) is 0 Å². The molecule has 0 spiro atoms. The van der Waals surface area contributed by atoms with Crippen LogP contribution >= 0.6 is 50.7 Å². The second-order valence-electron chi connectivity index (χ2n) is 7.60. The van der Waals surface area contributed by atoms with Crippen molar-refractivity contribution >= 4 is 62.3 Å². The lowest BCUT2D eigenvalue weighted by atomic mass is 10.00. The predicted octanol–water partition coefficient (Wildman–Crippen LogP) is 6.53. The quantitative estimate of drug-likeness (QED) is 0.399. The summed E-state index contributed by atoms with van der Waals surface area (Å²) in [6.45, 7) is 1.39. The standard InChI is InChI=1S/C24H20BrCl3N2O2/c25-17-3-1-2-16(12-17)23(31)24(32)29-10-11-30(21-9-8-19(27)13-20(21)28)22(14-29)15-4-6-18(26)7-5-15/h1-9,12-13,22-23,31H,10-11,14H2/t22-,23?/m0/s1. The molecule has 8 heteroatoms. The fourth-order valence-electron chi connectivity index (χ4n) is 3.95. The van der Waals surface area contributed by atoms with Gasteiger partial charge in [-0.05, 0) is 53.6 Å². The summed E-state index contributed by atoms with van der Waals surface area (Å²) in [6, 6.07) is 19.9. The highest BCUT2D eigenvalue weighted by Gasteiger charge is 2.34. The third-order valence-electron chi connectivity index (χ3n) is 5.56. The van der Waals surface area contributed by atoms with Gasteiger partial charge < -0.3 is 14.9 Å². The van der Waals surface area contributed by atoms with Crippen molar-refractivity contribution in [1.29, 1.82) is 0 Å². The summed E-state index contributed by atoms with van der Waals surface area (Å²) >= 11 is 22.1. The average molecular weight is 555 g/mol. The molecule has 3 aromatic carbocycles. The number of carbonyl (C=O) groups excluding carboxylic acids is 1. The number of carbonyl (C=O) groups is 1. The van der Waals surface area contributed by atoms with Crippen molar-refractivity contribution in [3.05, 3.63) is 97.4 Å². The summed E-state index contributed by atoms with van der Waals surface area (Å²) in [6.07, 6.45) is -1.23. The molecule has 1 unspecified atom stereocenters. The molecule has 1 heterocycles. The lowest BCUT2D eigenvalue weighted by molar-refractivity contribution is -0.141. The van der Waals surface area contributed by atoms with Gasteiger partial charge in [0.25, 0.3) is 5.91 Å². The van der Waals surface area contributed by atoms with E-state index in [1.165, 1.54) is 0 Å². The maximum absolute atomic E-state index is 13.2. The van der Waals surface area contributed by atoms with Gasteiger partial charge in [0.2, 0.25) is 0 Å². The summed E-state index contributed by atoms with van der Waals surface area (Å²) in [5.41, 5.74) is 2.39. The predicted molar refractivity (Wildman–Crippen MR) is 134 cm³/mol. The van der Waals surface area contributed by atoms with E-state index >= 15 is 0 Å².